The molecule has 30 heavy (non-hydrogen) atoms. The van der Waals surface area contributed by atoms with Gasteiger partial charge in [-0.05, 0) is 25.5 Å². The molecule has 0 aliphatic carbocycles. The predicted octanol–water partition coefficient (Wildman–Crippen LogP) is 2.84. The van der Waals surface area contributed by atoms with Crippen LogP contribution in [-0.4, -0.2) is 37.2 Å². The Bertz CT molecular complexity index is 1090. The largest absolute Gasteiger partial charge is 0.383 e. The summed E-state index contributed by atoms with van der Waals surface area (Å²) in [5.41, 5.74) is 0.500. The van der Waals surface area contributed by atoms with Crippen molar-refractivity contribution in [3.8, 4) is 11.4 Å². The molecule has 1 aliphatic rings. The second kappa shape index (κ2) is 7.32. The molecule has 0 fully saturated rings. The molecule has 0 spiro atoms. The zero-order valence-corrected chi connectivity index (χ0v) is 17.8. The number of aromatic nitrogens is 4. The SMILES string of the molecule is CC(N1CC(C)(C)Cn2c1nc(-c1ccncn1)cc2=O)C(C)(O)c1ccccc1. The van der Waals surface area contributed by atoms with Crippen molar-refractivity contribution in [3.63, 3.8) is 0 Å². The van der Waals surface area contributed by atoms with Gasteiger partial charge in [-0.2, -0.15) is 0 Å². The minimum atomic E-state index is -1.14. The summed E-state index contributed by atoms with van der Waals surface area (Å²) in [6.45, 7) is 9.26. The third-order valence-corrected chi connectivity index (χ3v) is 5.91. The highest BCUT2D eigenvalue weighted by Crippen LogP contribution is 2.36. The number of benzene rings is 1. The van der Waals surface area contributed by atoms with E-state index in [2.05, 4.69) is 23.8 Å². The van der Waals surface area contributed by atoms with Crippen LogP contribution in [-0.2, 0) is 12.1 Å². The van der Waals surface area contributed by atoms with Gasteiger partial charge in [-0.3, -0.25) is 9.36 Å². The first-order chi connectivity index (χ1) is 14.2. The number of fused-ring (bicyclic) bond motifs is 1. The number of hydrogen-bond donors (Lipinski definition) is 1. The van der Waals surface area contributed by atoms with Crippen molar-refractivity contribution in [1.29, 1.82) is 0 Å². The maximum atomic E-state index is 13.0. The lowest BCUT2D eigenvalue weighted by Gasteiger charge is -2.47. The molecule has 0 amide bonds. The highest BCUT2D eigenvalue weighted by Gasteiger charge is 2.41. The van der Waals surface area contributed by atoms with Crippen molar-refractivity contribution in [2.45, 2.75) is 45.9 Å². The first-order valence-corrected chi connectivity index (χ1v) is 10.1. The summed E-state index contributed by atoms with van der Waals surface area (Å²) in [4.78, 5) is 28.1. The first-order valence-electron chi connectivity index (χ1n) is 10.1. The number of rotatable bonds is 4. The van der Waals surface area contributed by atoms with Crippen LogP contribution in [0.15, 0.2) is 59.8 Å². The second-order valence-corrected chi connectivity index (χ2v) is 8.94. The van der Waals surface area contributed by atoms with Gasteiger partial charge in [-0.1, -0.05) is 44.2 Å². The Balaban J connectivity index is 1.84. The third-order valence-electron chi connectivity index (χ3n) is 5.91. The van der Waals surface area contributed by atoms with Gasteiger partial charge < -0.3 is 10.0 Å². The van der Waals surface area contributed by atoms with E-state index in [9.17, 15) is 9.90 Å². The highest BCUT2D eigenvalue weighted by molar-refractivity contribution is 5.56. The van der Waals surface area contributed by atoms with Gasteiger partial charge in [0.05, 0.1) is 17.4 Å². The van der Waals surface area contributed by atoms with Gasteiger partial charge in [0.2, 0.25) is 5.95 Å². The molecule has 0 bridgehead atoms. The fraction of sp³-hybridized carbons (Fsp3) is 0.391. The van der Waals surface area contributed by atoms with Gasteiger partial charge >= 0.3 is 0 Å². The Morgan fingerprint density at radius 1 is 1.13 bits per heavy atom. The molecule has 3 aromatic rings. The van der Waals surface area contributed by atoms with E-state index in [4.69, 9.17) is 4.98 Å². The molecule has 4 rings (SSSR count). The normalized spacial score (nSPS) is 18.4. The predicted molar refractivity (Wildman–Crippen MR) is 116 cm³/mol. The minimum absolute atomic E-state index is 0.127. The standard InChI is InChI=1S/C23H27N5O2/c1-16(23(4,30)17-8-6-5-7-9-17)27-13-22(2,3)14-28-20(29)12-19(26-21(27)28)18-10-11-24-15-25-18/h5-12,15-16,30H,13-14H2,1-4H3. The molecular formula is C23H27N5O2. The fourth-order valence-corrected chi connectivity index (χ4v) is 4.08. The average molecular weight is 406 g/mol. The summed E-state index contributed by atoms with van der Waals surface area (Å²) in [5.74, 6) is 0.555. The quantitative estimate of drug-likeness (QED) is 0.719. The van der Waals surface area contributed by atoms with Gasteiger partial charge in [0.15, 0.2) is 0 Å². The van der Waals surface area contributed by atoms with Gasteiger partial charge in [0.1, 0.15) is 11.9 Å². The molecule has 1 aromatic carbocycles. The van der Waals surface area contributed by atoms with Gasteiger partial charge in [-0.15, -0.1) is 0 Å². The minimum Gasteiger partial charge on any atom is -0.383 e. The third kappa shape index (κ3) is 3.61. The van der Waals surface area contributed by atoms with Gasteiger partial charge in [-0.25, -0.2) is 15.0 Å². The van der Waals surface area contributed by atoms with Crippen LogP contribution < -0.4 is 10.5 Å². The zero-order valence-electron chi connectivity index (χ0n) is 17.8. The summed E-state index contributed by atoms with van der Waals surface area (Å²) < 4.78 is 1.70. The lowest BCUT2D eigenvalue weighted by atomic mass is 9.85. The Morgan fingerprint density at radius 2 is 1.87 bits per heavy atom. The number of anilines is 1. The van der Waals surface area contributed by atoms with Crippen molar-refractivity contribution in [1.82, 2.24) is 19.5 Å². The molecule has 0 radical (unpaired) electrons. The highest BCUT2D eigenvalue weighted by atomic mass is 16.3. The van der Waals surface area contributed by atoms with E-state index in [-0.39, 0.29) is 17.0 Å². The Morgan fingerprint density at radius 3 is 2.53 bits per heavy atom. The van der Waals surface area contributed by atoms with Crippen LogP contribution in [0.4, 0.5) is 5.95 Å². The van der Waals surface area contributed by atoms with Gasteiger partial charge in [0.25, 0.3) is 5.56 Å². The molecule has 1 N–H and O–H groups in total. The van der Waals surface area contributed by atoms with Crippen LogP contribution in [0.25, 0.3) is 11.4 Å². The van der Waals surface area contributed by atoms with Crippen molar-refractivity contribution >= 4 is 5.95 Å². The molecule has 3 heterocycles. The maximum Gasteiger partial charge on any atom is 0.255 e. The van der Waals surface area contributed by atoms with E-state index in [1.165, 1.54) is 12.4 Å². The molecule has 2 unspecified atom stereocenters. The molecule has 0 saturated carbocycles. The summed E-state index contributed by atoms with van der Waals surface area (Å²) >= 11 is 0. The van der Waals surface area contributed by atoms with Crippen LogP contribution in [0.5, 0.6) is 0 Å². The van der Waals surface area contributed by atoms with E-state index in [1.54, 1.807) is 16.8 Å². The number of aliphatic hydroxyl groups is 1. The van der Waals surface area contributed by atoms with Crippen molar-refractivity contribution in [2.24, 2.45) is 5.41 Å². The monoisotopic (exact) mass is 405 g/mol. The molecule has 0 saturated heterocycles. The number of hydrogen-bond acceptors (Lipinski definition) is 6. The van der Waals surface area contributed by atoms with Crippen LogP contribution in [0.3, 0.4) is 0 Å². The molecule has 1 aliphatic heterocycles. The fourth-order valence-electron chi connectivity index (χ4n) is 4.08. The Hall–Kier alpha value is -3.06. The molecule has 2 aromatic heterocycles. The van der Waals surface area contributed by atoms with Crippen LogP contribution in [0.1, 0.15) is 33.3 Å². The topological polar surface area (TPSA) is 84.1 Å². The van der Waals surface area contributed by atoms with E-state index in [0.717, 1.165) is 5.56 Å². The summed E-state index contributed by atoms with van der Waals surface area (Å²) in [6.07, 6.45) is 3.07. The van der Waals surface area contributed by atoms with E-state index < -0.39 is 5.60 Å². The van der Waals surface area contributed by atoms with E-state index >= 15 is 0 Å². The first kappa shape index (κ1) is 20.2. The average Bonchev–Trinajstić information content (AvgIpc) is 2.74. The maximum absolute atomic E-state index is 13.0. The van der Waals surface area contributed by atoms with E-state index in [0.29, 0.717) is 30.4 Å². The smallest absolute Gasteiger partial charge is 0.255 e. The van der Waals surface area contributed by atoms with Gasteiger partial charge in [0, 0.05) is 30.8 Å². The van der Waals surface area contributed by atoms with Crippen LogP contribution >= 0.6 is 0 Å². The Kier molecular flexibility index (Phi) is 4.94. The molecule has 156 valence electrons. The second-order valence-electron chi connectivity index (χ2n) is 8.94. The number of nitrogens with zero attached hydrogens (tertiary/aromatic N) is 5. The van der Waals surface area contributed by atoms with Crippen LogP contribution in [0, 0.1) is 5.41 Å². The molecule has 7 nitrogen and oxygen atoms in total. The molecular weight excluding hydrogens is 378 g/mol. The zero-order chi connectivity index (χ0) is 21.5. The lowest BCUT2D eigenvalue weighted by molar-refractivity contribution is 0.0264. The van der Waals surface area contributed by atoms with Crippen molar-refractivity contribution in [3.05, 3.63) is 70.9 Å². The summed E-state index contributed by atoms with van der Waals surface area (Å²) in [5, 5.41) is 11.5. The summed E-state index contributed by atoms with van der Waals surface area (Å²) in [7, 11) is 0. The van der Waals surface area contributed by atoms with Crippen LogP contribution in [0.2, 0.25) is 0 Å². The lowest BCUT2D eigenvalue weighted by Crippen LogP contribution is -2.56. The Labute approximate surface area is 176 Å². The summed E-state index contributed by atoms with van der Waals surface area (Å²) in [6, 6.07) is 12.5. The van der Waals surface area contributed by atoms with Crippen molar-refractivity contribution < 1.29 is 5.11 Å². The molecule has 2 atom stereocenters. The van der Waals surface area contributed by atoms with E-state index in [1.807, 2.05) is 49.1 Å². The van der Waals surface area contributed by atoms with Crippen molar-refractivity contribution in [2.75, 3.05) is 11.4 Å². The molecule has 7 heteroatoms.